The topological polar surface area (TPSA) is 58.6 Å². The maximum absolute atomic E-state index is 11.4. The number of nitrogens with one attached hydrogen (secondary N) is 1. The molecule has 33 heavy (non-hydrogen) atoms. The minimum Gasteiger partial charge on any atom is -0.364 e. The SMILES string of the molecule is CS(=O)(=O)Nc1ccc(CCN2CCCC(OC(c3ccccc3)c3ccccc3)C2)cc1. The summed E-state index contributed by atoms with van der Waals surface area (Å²) in [6.07, 6.45) is 4.40. The van der Waals surface area contributed by atoms with Gasteiger partial charge in [-0.15, -0.1) is 0 Å². The van der Waals surface area contributed by atoms with Crippen LogP contribution < -0.4 is 4.72 Å². The van der Waals surface area contributed by atoms with Crippen molar-refractivity contribution in [3.05, 3.63) is 102 Å². The number of sulfonamides is 1. The summed E-state index contributed by atoms with van der Waals surface area (Å²) in [4.78, 5) is 2.48. The average Bonchev–Trinajstić information content (AvgIpc) is 2.82. The van der Waals surface area contributed by atoms with E-state index in [0.717, 1.165) is 45.2 Å². The number of benzene rings is 3. The van der Waals surface area contributed by atoms with Crippen LogP contribution in [0, 0.1) is 0 Å². The second-order valence-electron chi connectivity index (χ2n) is 8.72. The minimum atomic E-state index is -3.25. The van der Waals surface area contributed by atoms with Crippen LogP contribution in [-0.4, -0.2) is 45.3 Å². The molecule has 1 atom stereocenters. The first-order valence-corrected chi connectivity index (χ1v) is 13.4. The van der Waals surface area contributed by atoms with Gasteiger partial charge in [-0.2, -0.15) is 0 Å². The average molecular weight is 465 g/mol. The molecule has 0 spiro atoms. The summed E-state index contributed by atoms with van der Waals surface area (Å²) >= 11 is 0. The lowest BCUT2D eigenvalue weighted by atomic mass is 10.00. The Bertz CT molecular complexity index is 1060. The molecule has 1 saturated heterocycles. The summed E-state index contributed by atoms with van der Waals surface area (Å²) in [7, 11) is -3.25. The molecule has 1 heterocycles. The highest BCUT2D eigenvalue weighted by Gasteiger charge is 2.25. The van der Waals surface area contributed by atoms with Gasteiger partial charge in [-0.25, -0.2) is 8.42 Å². The summed E-state index contributed by atoms with van der Waals surface area (Å²) in [5.41, 5.74) is 4.16. The van der Waals surface area contributed by atoms with Crippen LogP contribution in [-0.2, 0) is 21.2 Å². The number of hydrogen-bond donors (Lipinski definition) is 1. The zero-order valence-electron chi connectivity index (χ0n) is 19.1. The van der Waals surface area contributed by atoms with E-state index in [1.165, 1.54) is 16.7 Å². The van der Waals surface area contributed by atoms with Crippen LogP contribution in [0.15, 0.2) is 84.9 Å². The van der Waals surface area contributed by atoms with E-state index >= 15 is 0 Å². The van der Waals surface area contributed by atoms with Crippen molar-refractivity contribution in [2.75, 3.05) is 30.6 Å². The predicted molar refractivity (Wildman–Crippen MR) is 134 cm³/mol. The fraction of sp³-hybridized carbons (Fsp3) is 0.333. The van der Waals surface area contributed by atoms with Crippen LogP contribution in [0.3, 0.4) is 0 Å². The maximum Gasteiger partial charge on any atom is 0.229 e. The van der Waals surface area contributed by atoms with Gasteiger partial charge in [-0.05, 0) is 54.6 Å². The van der Waals surface area contributed by atoms with Crippen LogP contribution in [0.2, 0.25) is 0 Å². The Kier molecular flexibility index (Phi) is 7.81. The van der Waals surface area contributed by atoms with Gasteiger partial charge in [-0.1, -0.05) is 72.8 Å². The normalized spacial score (nSPS) is 17.2. The summed E-state index contributed by atoms with van der Waals surface area (Å²) in [5, 5.41) is 0. The third kappa shape index (κ3) is 7.16. The zero-order chi connectivity index (χ0) is 23.1. The lowest BCUT2D eigenvalue weighted by molar-refractivity contribution is -0.0330. The van der Waals surface area contributed by atoms with Gasteiger partial charge in [0.2, 0.25) is 10.0 Å². The molecule has 5 nitrogen and oxygen atoms in total. The third-order valence-corrected chi connectivity index (χ3v) is 6.58. The Hall–Kier alpha value is -2.67. The number of rotatable bonds is 9. The summed E-state index contributed by atoms with van der Waals surface area (Å²) < 4.78 is 32.0. The molecule has 1 aliphatic rings. The predicted octanol–water partition coefficient (Wildman–Crippen LogP) is 4.87. The fourth-order valence-electron chi connectivity index (χ4n) is 4.37. The smallest absolute Gasteiger partial charge is 0.229 e. The van der Waals surface area contributed by atoms with Crippen molar-refractivity contribution in [2.24, 2.45) is 0 Å². The van der Waals surface area contributed by atoms with Gasteiger partial charge >= 0.3 is 0 Å². The molecular weight excluding hydrogens is 432 g/mol. The molecule has 6 heteroatoms. The molecule has 0 aromatic heterocycles. The van der Waals surface area contributed by atoms with E-state index < -0.39 is 10.0 Å². The monoisotopic (exact) mass is 464 g/mol. The van der Waals surface area contributed by atoms with Gasteiger partial charge in [0.25, 0.3) is 0 Å². The third-order valence-electron chi connectivity index (χ3n) is 5.97. The van der Waals surface area contributed by atoms with Gasteiger partial charge in [0.1, 0.15) is 6.10 Å². The number of hydrogen-bond acceptors (Lipinski definition) is 4. The molecule has 0 saturated carbocycles. The van der Waals surface area contributed by atoms with E-state index in [1.54, 1.807) is 0 Å². The van der Waals surface area contributed by atoms with Crippen molar-refractivity contribution >= 4 is 15.7 Å². The van der Waals surface area contributed by atoms with Crippen LogP contribution in [0.25, 0.3) is 0 Å². The maximum atomic E-state index is 11.4. The highest BCUT2D eigenvalue weighted by molar-refractivity contribution is 7.92. The van der Waals surface area contributed by atoms with E-state index in [2.05, 4.69) is 58.2 Å². The molecule has 0 amide bonds. The van der Waals surface area contributed by atoms with Crippen molar-refractivity contribution in [3.63, 3.8) is 0 Å². The Morgan fingerprint density at radius 3 is 2.12 bits per heavy atom. The lowest BCUT2D eigenvalue weighted by Crippen LogP contribution is -2.41. The molecule has 174 valence electrons. The highest BCUT2D eigenvalue weighted by atomic mass is 32.2. The second-order valence-corrected chi connectivity index (χ2v) is 10.5. The van der Waals surface area contributed by atoms with Crippen LogP contribution in [0.1, 0.15) is 35.6 Å². The van der Waals surface area contributed by atoms with Gasteiger partial charge in [0.15, 0.2) is 0 Å². The van der Waals surface area contributed by atoms with Crippen molar-refractivity contribution in [1.29, 1.82) is 0 Å². The van der Waals surface area contributed by atoms with Gasteiger partial charge in [-0.3, -0.25) is 4.72 Å². The highest BCUT2D eigenvalue weighted by Crippen LogP contribution is 2.29. The summed E-state index contributed by atoms with van der Waals surface area (Å²) in [5.74, 6) is 0. The van der Waals surface area contributed by atoms with Gasteiger partial charge in [0, 0.05) is 18.8 Å². The van der Waals surface area contributed by atoms with E-state index in [9.17, 15) is 8.42 Å². The molecule has 4 rings (SSSR count). The van der Waals surface area contributed by atoms with Crippen LogP contribution >= 0.6 is 0 Å². The largest absolute Gasteiger partial charge is 0.364 e. The van der Waals surface area contributed by atoms with E-state index in [1.807, 2.05) is 36.4 Å². The Balaban J connectivity index is 1.36. The summed E-state index contributed by atoms with van der Waals surface area (Å²) in [6, 6.07) is 28.5. The Labute approximate surface area is 197 Å². The molecule has 1 aliphatic heterocycles. The first-order chi connectivity index (χ1) is 16.0. The zero-order valence-corrected chi connectivity index (χ0v) is 19.9. The molecule has 0 radical (unpaired) electrons. The van der Waals surface area contributed by atoms with Crippen molar-refractivity contribution in [1.82, 2.24) is 4.90 Å². The first kappa shape index (κ1) is 23.5. The van der Waals surface area contributed by atoms with Gasteiger partial charge < -0.3 is 9.64 Å². The number of ether oxygens (including phenoxy) is 1. The van der Waals surface area contributed by atoms with E-state index in [-0.39, 0.29) is 12.2 Å². The number of piperidine rings is 1. The molecule has 1 unspecified atom stereocenters. The quantitative estimate of drug-likeness (QED) is 0.491. The first-order valence-electron chi connectivity index (χ1n) is 11.5. The standard InChI is InChI=1S/C27H32N2O3S/c1-33(30,31)28-25-16-14-22(15-17-25)18-20-29-19-8-13-26(21-29)32-27(23-9-4-2-5-10-23)24-11-6-3-7-12-24/h2-7,9-12,14-17,26-28H,8,13,18-21H2,1H3. The molecule has 0 aliphatic carbocycles. The van der Waals surface area contributed by atoms with Gasteiger partial charge in [0.05, 0.1) is 12.4 Å². The molecule has 3 aromatic carbocycles. The van der Waals surface area contributed by atoms with Crippen molar-refractivity contribution in [3.8, 4) is 0 Å². The molecule has 1 N–H and O–H groups in total. The second kappa shape index (κ2) is 11.0. The van der Waals surface area contributed by atoms with E-state index in [4.69, 9.17) is 4.74 Å². The molecule has 0 bridgehead atoms. The van der Waals surface area contributed by atoms with Crippen LogP contribution in [0.5, 0.6) is 0 Å². The molecular formula is C27H32N2O3S. The number of likely N-dealkylation sites (tertiary alicyclic amines) is 1. The Morgan fingerprint density at radius 2 is 1.55 bits per heavy atom. The minimum absolute atomic E-state index is 0.0627. The number of nitrogens with zero attached hydrogens (tertiary/aromatic N) is 1. The molecule has 1 fully saturated rings. The van der Waals surface area contributed by atoms with Crippen molar-refractivity contribution in [2.45, 2.75) is 31.5 Å². The van der Waals surface area contributed by atoms with Crippen molar-refractivity contribution < 1.29 is 13.2 Å². The molecule has 3 aromatic rings. The fourth-order valence-corrected chi connectivity index (χ4v) is 4.93. The summed E-state index contributed by atoms with van der Waals surface area (Å²) in [6.45, 7) is 2.96. The van der Waals surface area contributed by atoms with E-state index in [0.29, 0.717) is 5.69 Å². The number of anilines is 1. The van der Waals surface area contributed by atoms with Crippen LogP contribution in [0.4, 0.5) is 5.69 Å². The Morgan fingerprint density at radius 1 is 0.939 bits per heavy atom. The lowest BCUT2D eigenvalue weighted by Gasteiger charge is -2.35.